The van der Waals surface area contributed by atoms with Crippen LogP contribution in [-0.2, 0) is 9.59 Å². The van der Waals surface area contributed by atoms with Crippen molar-refractivity contribution in [3.05, 3.63) is 28.7 Å². The minimum Gasteiger partial charge on any atom is -0.481 e. The van der Waals surface area contributed by atoms with Crippen LogP contribution in [0.5, 0.6) is 0 Å². The average molecular weight is 358 g/mol. The largest absolute Gasteiger partial charge is 0.481 e. The van der Waals surface area contributed by atoms with Gasteiger partial charge >= 0.3 is 5.97 Å². The van der Waals surface area contributed by atoms with Crippen molar-refractivity contribution in [3.8, 4) is 0 Å². The van der Waals surface area contributed by atoms with Gasteiger partial charge in [0, 0.05) is 34.6 Å². The lowest BCUT2D eigenvalue weighted by atomic mass is 10.1. The number of carbonyl (C=O) groups is 2. The maximum atomic E-state index is 12.0. The zero-order chi connectivity index (χ0) is 14.5. The summed E-state index contributed by atoms with van der Waals surface area (Å²) in [6.45, 7) is 0.926. The van der Waals surface area contributed by atoms with Crippen LogP contribution in [0.25, 0.3) is 0 Å². The molecule has 0 aromatic heterocycles. The molecule has 1 aromatic carbocycles. The highest BCUT2D eigenvalue weighted by Crippen LogP contribution is 2.22. The quantitative estimate of drug-likeness (QED) is 0.823. The third-order valence-corrected chi connectivity index (χ3v) is 4.83. The maximum Gasteiger partial charge on any atom is 0.308 e. The molecule has 1 amide bonds. The number of carboxylic acid groups (broad SMARTS) is 1. The zero-order valence-electron chi connectivity index (χ0n) is 10.9. The summed E-state index contributed by atoms with van der Waals surface area (Å²) in [6, 6.07) is 7.97. The second kappa shape index (κ2) is 7.13. The van der Waals surface area contributed by atoms with E-state index in [1.807, 2.05) is 24.3 Å². The van der Waals surface area contributed by atoms with Crippen molar-refractivity contribution in [2.24, 2.45) is 5.92 Å². The van der Waals surface area contributed by atoms with Crippen molar-refractivity contribution in [1.82, 2.24) is 4.90 Å². The van der Waals surface area contributed by atoms with Gasteiger partial charge in [-0.1, -0.05) is 15.9 Å². The second-order valence-electron chi connectivity index (χ2n) is 4.72. The lowest BCUT2D eigenvalue weighted by Crippen LogP contribution is -2.30. The molecule has 1 heterocycles. The molecule has 0 spiro atoms. The number of hydrogen-bond donors (Lipinski definition) is 1. The summed E-state index contributed by atoms with van der Waals surface area (Å²) in [4.78, 5) is 25.6. The Morgan fingerprint density at radius 2 is 2.05 bits per heavy atom. The molecular formula is C14H16BrNO3S. The summed E-state index contributed by atoms with van der Waals surface area (Å²) >= 11 is 5.02. The van der Waals surface area contributed by atoms with Crippen LogP contribution in [-0.4, -0.2) is 40.7 Å². The van der Waals surface area contributed by atoms with Gasteiger partial charge in [-0.05, 0) is 30.7 Å². The number of carbonyl (C=O) groups excluding carboxylic acids is 1. The fraction of sp³-hybridized carbons (Fsp3) is 0.429. The molecular weight excluding hydrogens is 342 g/mol. The Kier molecular flexibility index (Phi) is 5.48. The average Bonchev–Trinajstić information content (AvgIpc) is 2.91. The van der Waals surface area contributed by atoms with Crippen LogP contribution in [0.4, 0.5) is 0 Å². The van der Waals surface area contributed by atoms with Crippen LogP contribution < -0.4 is 0 Å². The molecule has 1 aliphatic rings. The number of likely N-dealkylation sites (tertiary alicyclic amines) is 1. The van der Waals surface area contributed by atoms with Gasteiger partial charge in [-0.2, -0.15) is 0 Å². The van der Waals surface area contributed by atoms with Gasteiger partial charge < -0.3 is 10.0 Å². The van der Waals surface area contributed by atoms with Gasteiger partial charge in [-0.3, -0.25) is 9.59 Å². The Morgan fingerprint density at radius 1 is 1.35 bits per heavy atom. The first-order valence-electron chi connectivity index (χ1n) is 6.45. The Balaban J connectivity index is 1.73. The first-order valence-corrected chi connectivity index (χ1v) is 8.23. The number of rotatable bonds is 5. The number of amides is 1. The van der Waals surface area contributed by atoms with Gasteiger partial charge in [0.05, 0.1) is 5.92 Å². The van der Waals surface area contributed by atoms with Crippen LogP contribution in [0.2, 0.25) is 0 Å². The Hall–Kier alpha value is -1.01. The topological polar surface area (TPSA) is 57.6 Å². The predicted octanol–water partition coefficient (Wildman–Crippen LogP) is 2.86. The fourth-order valence-electron chi connectivity index (χ4n) is 2.13. The molecule has 1 fully saturated rings. The van der Waals surface area contributed by atoms with Crippen molar-refractivity contribution >= 4 is 39.6 Å². The van der Waals surface area contributed by atoms with E-state index in [-0.39, 0.29) is 5.91 Å². The van der Waals surface area contributed by atoms with E-state index in [9.17, 15) is 9.59 Å². The van der Waals surface area contributed by atoms with E-state index in [2.05, 4.69) is 15.9 Å². The molecule has 108 valence electrons. The monoisotopic (exact) mass is 357 g/mol. The van der Waals surface area contributed by atoms with Gasteiger partial charge in [0.2, 0.25) is 5.91 Å². The fourth-order valence-corrected chi connectivity index (χ4v) is 3.24. The molecule has 0 saturated carbocycles. The number of aliphatic carboxylic acids is 1. The maximum absolute atomic E-state index is 12.0. The van der Waals surface area contributed by atoms with Gasteiger partial charge in [0.1, 0.15) is 0 Å². The predicted molar refractivity (Wildman–Crippen MR) is 81.8 cm³/mol. The molecule has 0 radical (unpaired) electrons. The van der Waals surface area contributed by atoms with Crippen LogP contribution >= 0.6 is 27.7 Å². The Morgan fingerprint density at radius 3 is 2.65 bits per heavy atom. The number of halogens is 1. The van der Waals surface area contributed by atoms with E-state index in [0.717, 1.165) is 9.37 Å². The summed E-state index contributed by atoms with van der Waals surface area (Å²) in [6.07, 6.45) is 1.02. The number of hydrogen-bond acceptors (Lipinski definition) is 3. The van der Waals surface area contributed by atoms with E-state index in [1.54, 1.807) is 16.7 Å². The SMILES string of the molecule is O=C(O)C1CCN(C(=O)CCSc2ccc(Br)cc2)C1. The van der Waals surface area contributed by atoms with Crippen LogP contribution in [0, 0.1) is 5.92 Å². The molecule has 1 aliphatic heterocycles. The number of benzene rings is 1. The summed E-state index contributed by atoms with van der Waals surface area (Å²) in [7, 11) is 0. The van der Waals surface area contributed by atoms with E-state index in [0.29, 0.717) is 31.7 Å². The molecule has 1 aromatic rings. The summed E-state index contributed by atoms with van der Waals surface area (Å²) in [5.41, 5.74) is 0. The molecule has 6 heteroatoms. The van der Waals surface area contributed by atoms with Crippen molar-refractivity contribution < 1.29 is 14.7 Å². The molecule has 1 saturated heterocycles. The van der Waals surface area contributed by atoms with Crippen molar-refractivity contribution in [1.29, 1.82) is 0 Å². The zero-order valence-corrected chi connectivity index (χ0v) is 13.3. The molecule has 0 aliphatic carbocycles. The van der Waals surface area contributed by atoms with Crippen LogP contribution in [0.1, 0.15) is 12.8 Å². The Bertz CT molecular complexity index is 492. The molecule has 2 rings (SSSR count). The van der Waals surface area contributed by atoms with Gasteiger partial charge in [-0.15, -0.1) is 11.8 Å². The highest BCUT2D eigenvalue weighted by atomic mass is 79.9. The summed E-state index contributed by atoms with van der Waals surface area (Å²) in [5, 5.41) is 8.91. The first kappa shape index (κ1) is 15.4. The molecule has 4 nitrogen and oxygen atoms in total. The van der Waals surface area contributed by atoms with Crippen molar-refractivity contribution in [3.63, 3.8) is 0 Å². The van der Waals surface area contributed by atoms with E-state index >= 15 is 0 Å². The smallest absolute Gasteiger partial charge is 0.308 e. The highest BCUT2D eigenvalue weighted by Gasteiger charge is 2.30. The lowest BCUT2D eigenvalue weighted by molar-refractivity contribution is -0.141. The van der Waals surface area contributed by atoms with Gasteiger partial charge in [-0.25, -0.2) is 0 Å². The minimum absolute atomic E-state index is 0.0540. The van der Waals surface area contributed by atoms with E-state index in [4.69, 9.17) is 5.11 Å². The third-order valence-electron chi connectivity index (χ3n) is 3.29. The normalized spacial score (nSPS) is 18.2. The van der Waals surface area contributed by atoms with Crippen LogP contribution in [0.15, 0.2) is 33.6 Å². The van der Waals surface area contributed by atoms with E-state index in [1.165, 1.54) is 0 Å². The standard InChI is InChI=1S/C14H16BrNO3S/c15-11-1-3-12(4-2-11)20-8-6-13(17)16-7-5-10(9-16)14(18)19/h1-4,10H,5-9H2,(H,18,19). The van der Waals surface area contributed by atoms with Crippen LogP contribution in [0.3, 0.4) is 0 Å². The number of thioether (sulfide) groups is 1. The van der Waals surface area contributed by atoms with Crippen molar-refractivity contribution in [2.45, 2.75) is 17.7 Å². The lowest BCUT2D eigenvalue weighted by Gasteiger charge is -2.15. The molecule has 1 atom stereocenters. The second-order valence-corrected chi connectivity index (χ2v) is 6.80. The minimum atomic E-state index is -0.801. The molecule has 20 heavy (non-hydrogen) atoms. The van der Waals surface area contributed by atoms with Gasteiger partial charge in [0.15, 0.2) is 0 Å². The Labute approximate surface area is 130 Å². The molecule has 0 bridgehead atoms. The third kappa shape index (κ3) is 4.24. The number of carboxylic acids is 1. The highest BCUT2D eigenvalue weighted by molar-refractivity contribution is 9.10. The first-order chi connectivity index (χ1) is 9.56. The summed E-state index contributed by atoms with van der Waals surface area (Å²) in [5.74, 6) is -0.421. The van der Waals surface area contributed by atoms with E-state index < -0.39 is 11.9 Å². The van der Waals surface area contributed by atoms with Gasteiger partial charge in [0.25, 0.3) is 0 Å². The molecule has 1 unspecified atom stereocenters. The molecule has 1 N–H and O–H groups in total. The van der Waals surface area contributed by atoms with Crippen molar-refractivity contribution in [2.75, 3.05) is 18.8 Å². The summed E-state index contributed by atoms with van der Waals surface area (Å²) < 4.78 is 1.04. The number of nitrogens with zero attached hydrogens (tertiary/aromatic N) is 1.